The van der Waals surface area contributed by atoms with Crippen LogP contribution in [0.1, 0.15) is 25.7 Å². The van der Waals surface area contributed by atoms with Crippen LogP contribution in [0.4, 0.5) is 23.2 Å². The molecule has 0 radical (unpaired) electrons. The van der Waals surface area contributed by atoms with E-state index in [1.165, 1.54) is 29.5 Å². The highest BCUT2D eigenvalue weighted by molar-refractivity contribution is 5.93. The number of alkyl halides is 3. The largest absolute Gasteiger partial charge is 0.392 e. The lowest BCUT2D eigenvalue weighted by molar-refractivity contribution is -0.197. The maximum absolute atomic E-state index is 14.2. The summed E-state index contributed by atoms with van der Waals surface area (Å²) in [7, 11) is 0. The number of anilines is 1. The van der Waals surface area contributed by atoms with Gasteiger partial charge in [-0.15, -0.1) is 0 Å². The van der Waals surface area contributed by atoms with Crippen LogP contribution in [0.5, 0.6) is 0 Å². The Hall–Kier alpha value is -2.45. The van der Waals surface area contributed by atoms with Crippen LogP contribution >= 0.6 is 0 Å². The second-order valence-corrected chi connectivity index (χ2v) is 6.03. The average Bonchev–Trinajstić information content (AvgIpc) is 3.08. The molecule has 2 aromatic rings. The third-order valence-corrected chi connectivity index (χ3v) is 4.40. The van der Waals surface area contributed by atoms with Crippen LogP contribution in [0.2, 0.25) is 0 Å². The van der Waals surface area contributed by atoms with E-state index >= 15 is 0 Å². The van der Waals surface area contributed by atoms with Crippen LogP contribution in [-0.2, 0) is 4.79 Å². The molecule has 3 rings (SSSR count). The summed E-state index contributed by atoms with van der Waals surface area (Å²) in [5.41, 5.74) is 0.235. The minimum absolute atomic E-state index is 0.0544. The van der Waals surface area contributed by atoms with Crippen LogP contribution in [0, 0.1) is 17.7 Å². The third kappa shape index (κ3) is 3.80. The number of aromatic nitrogens is 3. The monoisotopic (exact) mass is 356 g/mol. The zero-order valence-electron chi connectivity index (χ0n) is 13.1. The summed E-state index contributed by atoms with van der Waals surface area (Å²) in [5.74, 6) is -4.19. The molecule has 25 heavy (non-hydrogen) atoms. The summed E-state index contributed by atoms with van der Waals surface area (Å²) in [6.45, 7) is 0. The number of carbonyl (C=O) groups excluding carboxylic acids is 1. The minimum atomic E-state index is -4.41. The van der Waals surface area contributed by atoms with Gasteiger partial charge in [0.2, 0.25) is 5.91 Å². The Balaban J connectivity index is 1.75. The number of benzene rings is 1. The zero-order chi connectivity index (χ0) is 18.0. The van der Waals surface area contributed by atoms with Crippen molar-refractivity contribution in [3.63, 3.8) is 0 Å². The van der Waals surface area contributed by atoms with Crippen LogP contribution < -0.4 is 5.32 Å². The van der Waals surface area contributed by atoms with Crippen molar-refractivity contribution in [2.24, 2.45) is 11.8 Å². The van der Waals surface area contributed by atoms with E-state index in [0.717, 1.165) is 6.07 Å². The quantitative estimate of drug-likeness (QED) is 0.853. The molecule has 1 saturated carbocycles. The smallest absolute Gasteiger partial charge is 0.326 e. The molecular formula is C16H16F4N4O. The molecule has 0 bridgehead atoms. The van der Waals surface area contributed by atoms with Gasteiger partial charge in [0.25, 0.3) is 0 Å². The fourth-order valence-electron chi connectivity index (χ4n) is 3.17. The van der Waals surface area contributed by atoms with Gasteiger partial charge in [0.15, 0.2) is 5.82 Å². The molecule has 1 heterocycles. The topological polar surface area (TPSA) is 59.8 Å². The zero-order valence-corrected chi connectivity index (χ0v) is 13.1. The molecule has 2 atom stereocenters. The molecule has 1 aliphatic rings. The molecule has 1 fully saturated rings. The molecule has 134 valence electrons. The summed E-state index contributed by atoms with van der Waals surface area (Å²) in [6.07, 6.45) is -0.705. The standard InChI is InChI=1S/C16H16F4N4O/c17-13-7-10(5-6-14(13)24-9-21-8-22-24)23-15(25)11-3-1-2-4-12(11)16(18,19)20/h5-9,11-12H,1-4H2,(H,23,25). The van der Waals surface area contributed by atoms with Gasteiger partial charge in [0, 0.05) is 11.6 Å². The van der Waals surface area contributed by atoms with Crippen molar-refractivity contribution in [2.45, 2.75) is 31.9 Å². The fraction of sp³-hybridized carbons (Fsp3) is 0.438. The number of hydrogen-bond acceptors (Lipinski definition) is 3. The van der Waals surface area contributed by atoms with Crippen molar-refractivity contribution in [2.75, 3.05) is 5.32 Å². The summed E-state index contributed by atoms with van der Waals surface area (Å²) >= 11 is 0. The van der Waals surface area contributed by atoms with Gasteiger partial charge in [-0.05, 0) is 31.0 Å². The lowest BCUT2D eigenvalue weighted by Crippen LogP contribution is -2.39. The minimum Gasteiger partial charge on any atom is -0.326 e. The molecule has 2 unspecified atom stereocenters. The Bertz CT molecular complexity index is 745. The highest BCUT2D eigenvalue weighted by atomic mass is 19.4. The van der Waals surface area contributed by atoms with E-state index in [2.05, 4.69) is 15.4 Å². The van der Waals surface area contributed by atoms with E-state index < -0.39 is 29.7 Å². The molecule has 9 heteroatoms. The molecule has 0 saturated heterocycles. The summed E-state index contributed by atoms with van der Waals surface area (Å²) in [5, 5.41) is 6.20. The Morgan fingerprint density at radius 2 is 2.00 bits per heavy atom. The van der Waals surface area contributed by atoms with E-state index in [1.54, 1.807) is 0 Å². The van der Waals surface area contributed by atoms with Crippen molar-refractivity contribution in [1.29, 1.82) is 0 Å². The molecule has 0 spiro atoms. The number of hydrogen-bond donors (Lipinski definition) is 1. The fourth-order valence-corrected chi connectivity index (χ4v) is 3.17. The van der Waals surface area contributed by atoms with Gasteiger partial charge < -0.3 is 5.32 Å². The number of nitrogens with zero attached hydrogens (tertiary/aromatic N) is 3. The number of carbonyl (C=O) groups is 1. The predicted molar refractivity (Wildman–Crippen MR) is 81.4 cm³/mol. The van der Waals surface area contributed by atoms with E-state index in [9.17, 15) is 22.4 Å². The first-order valence-electron chi connectivity index (χ1n) is 7.88. The summed E-state index contributed by atoms with van der Waals surface area (Å²) in [4.78, 5) is 16.0. The van der Waals surface area contributed by atoms with Gasteiger partial charge in [-0.1, -0.05) is 12.8 Å². The Morgan fingerprint density at radius 3 is 2.64 bits per heavy atom. The van der Waals surface area contributed by atoms with Crippen LogP contribution in [0.25, 0.3) is 5.69 Å². The molecule has 1 N–H and O–H groups in total. The van der Waals surface area contributed by atoms with Crippen LogP contribution in [0.15, 0.2) is 30.9 Å². The SMILES string of the molecule is O=C(Nc1ccc(-n2cncn2)c(F)c1)C1CCCCC1C(F)(F)F. The van der Waals surface area contributed by atoms with Gasteiger partial charge in [-0.3, -0.25) is 4.79 Å². The molecule has 5 nitrogen and oxygen atoms in total. The Morgan fingerprint density at radius 1 is 1.24 bits per heavy atom. The van der Waals surface area contributed by atoms with Crippen molar-refractivity contribution in [3.8, 4) is 5.69 Å². The molecular weight excluding hydrogens is 340 g/mol. The van der Waals surface area contributed by atoms with Gasteiger partial charge in [-0.25, -0.2) is 14.1 Å². The molecule has 1 aromatic carbocycles. The molecule has 1 aliphatic carbocycles. The van der Waals surface area contributed by atoms with Gasteiger partial charge >= 0.3 is 6.18 Å². The number of rotatable bonds is 3. The molecule has 1 aromatic heterocycles. The lowest BCUT2D eigenvalue weighted by atomic mass is 9.78. The number of nitrogens with one attached hydrogen (secondary N) is 1. The lowest BCUT2D eigenvalue weighted by Gasteiger charge is -2.32. The number of amides is 1. The summed E-state index contributed by atoms with van der Waals surface area (Å²) in [6, 6.07) is 3.85. The highest BCUT2D eigenvalue weighted by Gasteiger charge is 2.48. The normalized spacial score (nSPS) is 21.1. The van der Waals surface area contributed by atoms with Crippen molar-refractivity contribution in [1.82, 2.24) is 14.8 Å². The molecule has 1 amide bonds. The second-order valence-electron chi connectivity index (χ2n) is 6.03. The third-order valence-electron chi connectivity index (χ3n) is 4.40. The highest BCUT2D eigenvalue weighted by Crippen LogP contribution is 2.41. The van der Waals surface area contributed by atoms with Crippen molar-refractivity contribution in [3.05, 3.63) is 36.7 Å². The first-order chi connectivity index (χ1) is 11.9. The van der Waals surface area contributed by atoms with Crippen LogP contribution in [-0.4, -0.2) is 26.8 Å². The van der Waals surface area contributed by atoms with Gasteiger partial charge in [0.1, 0.15) is 18.3 Å². The van der Waals surface area contributed by atoms with Crippen molar-refractivity contribution >= 4 is 11.6 Å². The second kappa shape index (κ2) is 6.81. The molecule has 0 aliphatic heterocycles. The Kier molecular flexibility index (Phi) is 4.73. The maximum Gasteiger partial charge on any atom is 0.392 e. The first-order valence-corrected chi connectivity index (χ1v) is 7.88. The predicted octanol–water partition coefficient (Wildman–Crippen LogP) is 3.71. The van der Waals surface area contributed by atoms with Crippen molar-refractivity contribution < 1.29 is 22.4 Å². The Labute approximate surface area is 141 Å². The van der Waals surface area contributed by atoms with Gasteiger partial charge in [0.05, 0.1) is 5.92 Å². The van der Waals surface area contributed by atoms with E-state index in [1.807, 2.05) is 0 Å². The average molecular weight is 356 g/mol. The summed E-state index contributed by atoms with van der Waals surface area (Å²) < 4.78 is 54.7. The van der Waals surface area contributed by atoms with Crippen LogP contribution in [0.3, 0.4) is 0 Å². The van der Waals surface area contributed by atoms with E-state index in [0.29, 0.717) is 12.8 Å². The van der Waals surface area contributed by atoms with Gasteiger partial charge in [-0.2, -0.15) is 18.3 Å². The van der Waals surface area contributed by atoms with E-state index in [4.69, 9.17) is 0 Å². The number of halogens is 4. The maximum atomic E-state index is 14.2. The first kappa shape index (κ1) is 17.4. The van der Waals surface area contributed by atoms with E-state index in [-0.39, 0.29) is 24.2 Å².